The van der Waals surface area contributed by atoms with Crippen molar-refractivity contribution in [3.05, 3.63) is 94.0 Å². The molecule has 2 N–H and O–H groups in total. The zero-order valence-corrected chi connectivity index (χ0v) is 31.8. The molecular weight excluding hydrogens is 698 g/mol. The van der Waals surface area contributed by atoms with E-state index in [1.54, 1.807) is 37.8 Å². The van der Waals surface area contributed by atoms with E-state index >= 15 is 0 Å². The average molecular weight is 749 g/mol. The van der Waals surface area contributed by atoms with Crippen molar-refractivity contribution in [3.63, 3.8) is 0 Å². The predicted molar refractivity (Wildman–Crippen MR) is 198 cm³/mol. The zero-order chi connectivity index (χ0) is 36.5. The summed E-state index contributed by atoms with van der Waals surface area (Å²) >= 11 is 22.3. The smallest absolute Gasteiger partial charge is 0.410 e. The second-order valence-corrected chi connectivity index (χ2v) is 14.6. The number of carbonyl (C=O) groups excluding carboxylic acids is 2. The Morgan fingerprint density at radius 1 is 0.938 bits per heavy atom. The van der Waals surface area contributed by atoms with Crippen LogP contribution in [-0.2, 0) is 27.1 Å². The molecule has 0 saturated carbocycles. The number of nitrogens with one attached hydrogen (secondary N) is 1. The third kappa shape index (κ3) is 19.5. The molecule has 0 bridgehead atoms. The van der Waals surface area contributed by atoms with Crippen LogP contribution in [0.5, 0.6) is 0 Å². The Kier molecular flexibility index (Phi) is 19.6. The summed E-state index contributed by atoms with van der Waals surface area (Å²) in [6.45, 7) is 19.7. The van der Waals surface area contributed by atoms with E-state index in [4.69, 9.17) is 60.6 Å². The summed E-state index contributed by atoms with van der Waals surface area (Å²) in [5, 5.41) is 13.3. The number of amides is 2. The zero-order valence-electron chi connectivity index (χ0n) is 28.8. The first-order chi connectivity index (χ1) is 22.3. The number of carbonyl (C=O) groups is 2. The number of halogens is 4. The maximum atomic E-state index is 12.6. The highest BCUT2D eigenvalue weighted by atomic mass is 35.5. The van der Waals surface area contributed by atoms with Gasteiger partial charge in [-0.05, 0) is 101 Å². The second kappa shape index (κ2) is 21.6. The van der Waals surface area contributed by atoms with Gasteiger partial charge in [0.2, 0.25) is 0 Å². The molecule has 48 heavy (non-hydrogen) atoms. The van der Waals surface area contributed by atoms with Crippen molar-refractivity contribution >= 4 is 58.6 Å². The Morgan fingerprint density at radius 2 is 1.44 bits per heavy atom. The number of benzene rings is 2. The summed E-state index contributed by atoms with van der Waals surface area (Å²) in [6, 6.07) is 14.4. The van der Waals surface area contributed by atoms with Crippen LogP contribution >= 0.6 is 46.4 Å². The lowest BCUT2D eigenvalue weighted by Gasteiger charge is -2.32. The van der Waals surface area contributed by atoms with Crippen LogP contribution in [0.2, 0.25) is 10.0 Å². The summed E-state index contributed by atoms with van der Waals surface area (Å²) in [6.07, 6.45) is 0.347. The van der Waals surface area contributed by atoms with Crippen molar-refractivity contribution in [2.45, 2.75) is 77.7 Å². The van der Waals surface area contributed by atoms with E-state index in [1.165, 1.54) is 0 Å². The van der Waals surface area contributed by atoms with Crippen LogP contribution in [0.1, 0.15) is 52.7 Å². The molecule has 1 aliphatic rings. The van der Waals surface area contributed by atoms with Gasteiger partial charge in [0.25, 0.3) is 0 Å². The maximum Gasteiger partial charge on any atom is 0.410 e. The molecule has 2 amide bonds. The second-order valence-electron chi connectivity index (χ2n) is 13.2. The van der Waals surface area contributed by atoms with E-state index in [9.17, 15) is 14.7 Å². The van der Waals surface area contributed by atoms with Gasteiger partial charge >= 0.3 is 12.2 Å². The highest BCUT2D eigenvalue weighted by Gasteiger charge is 2.31. The van der Waals surface area contributed by atoms with E-state index in [1.807, 2.05) is 57.2 Å². The van der Waals surface area contributed by atoms with Crippen LogP contribution in [0.15, 0.2) is 72.8 Å². The number of aliphatic hydroxyl groups is 1. The maximum absolute atomic E-state index is 12.6. The lowest BCUT2D eigenvalue weighted by atomic mass is 10.1. The number of ether oxygens (including phenoxy) is 3. The Morgan fingerprint density at radius 3 is 1.88 bits per heavy atom. The molecule has 2 aromatic carbocycles. The number of alkyl carbamates (subject to hydrolysis) is 1. The summed E-state index contributed by atoms with van der Waals surface area (Å²) in [4.78, 5) is 25.9. The van der Waals surface area contributed by atoms with E-state index in [0.29, 0.717) is 54.4 Å². The number of nitrogens with zero attached hydrogens (tertiary/aromatic N) is 1. The minimum absolute atomic E-state index is 0.0923. The molecule has 0 aromatic heterocycles. The fourth-order valence-corrected chi connectivity index (χ4v) is 4.55. The lowest BCUT2D eigenvalue weighted by Crippen LogP contribution is -2.46. The number of rotatable bonds is 8. The minimum atomic E-state index is -0.551. The first kappa shape index (κ1) is 43.6. The van der Waals surface area contributed by atoms with Crippen LogP contribution in [0.4, 0.5) is 9.59 Å². The minimum Gasteiger partial charge on any atom is -0.444 e. The van der Waals surface area contributed by atoms with E-state index < -0.39 is 17.3 Å². The number of allylic oxidation sites excluding steroid dienone is 1. The number of hydrogen-bond donors (Lipinski definition) is 2. The van der Waals surface area contributed by atoms with Gasteiger partial charge < -0.3 is 24.6 Å². The van der Waals surface area contributed by atoms with Crippen molar-refractivity contribution in [2.75, 3.05) is 38.1 Å². The quantitative estimate of drug-likeness (QED) is 0.207. The van der Waals surface area contributed by atoms with E-state index in [0.717, 1.165) is 22.3 Å². The topological polar surface area (TPSA) is 97.3 Å². The molecule has 1 fully saturated rings. The fraction of sp³-hybridized carbons (Fsp3) is 0.500. The van der Waals surface area contributed by atoms with Crippen LogP contribution < -0.4 is 5.32 Å². The lowest BCUT2D eigenvalue weighted by molar-refractivity contribution is 0.0126. The van der Waals surface area contributed by atoms with Gasteiger partial charge in [-0.2, -0.15) is 0 Å². The van der Waals surface area contributed by atoms with Crippen LogP contribution in [-0.4, -0.2) is 83.6 Å². The van der Waals surface area contributed by atoms with Crippen molar-refractivity contribution in [1.82, 2.24) is 10.2 Å². The summed E-state index contributed by atoms with van der Waals surface area (Å²) in [5.41, 5.74) is 2.75. The van der Waals surface area contributed by atoms with Crippen LogP contribution in [0.3, 0.4) is 0 Å². The monoisotopic (exact) mass is 746 g/mol. The van der Waals surface area contributed by atoms with Crippen LogP contribution in [0.25, 0.3) is 0 Å². The molecule has 8 nitrogen and oxygen atoms in total. The molecule has 2 unspecified atom stereocenters. The SMILES string of the molecule is C=C(CCl)CCl.C=C1COCC(Cc2ccc(Cl)cc2)N(C(=O)OC(C)(C)C)C1.CC(C)(C)OC(=O)NC(CO)Cc1ccc(Cl)cc1. The Labute approximate surface area is 306 Å². The fourth-order valence-electron chi connectivity index (χ4n) is 4.02. The highest BCUT2D eigenvalue weighted by Crippen LogP contribution is 2.20. The Bertz CT molecular complexity index is 1290. The van der Waals surface area contributed by atoms with Crippen molar-refractivity contribution in [3.8, 4) is 0 Å². The van der Waals surface area contributed by atoms with Gasteiger partial charge in [-0.25, -0.2) is 9.59 Å². The first-order valence-electron chi connectivity index (χ1n) is 15.5. The van der Waals surface area contributed by atoms with Gasteiger partial charge in [-0.15, -0.1) is 23.2 Å². The van der Waals surface area contributed by atoms with E-state index in [2.05, 4.69) is 18.5 Å². The highest BCUT2D eigenvalue weighted by molar-refractivity contribution is 6.30. The molecule has 1 aliphatic heterocycles. The average Bonchev–Trinajstić information content (AvgIpc) is 3.18. The number of hydrogen-bond acceptors (Lipinski definition) is 6. The molecule has 0 radical (unpaired) electrons. The molecule has 1 heterocycles. The van der Waals surface area contributed by atoms with Gasteiger partial charge in [0.05, 0.1) is 31.9 Å². The Hall–Kier alpha value is -2.46. The van der Waals surface area contributed by atoms with Crippen molar-refractivity contribution in [1.29, 1.82) is 0 Å². The summed E-state index contributed by atoms with van der Waals surface area (Å²) in [5.74, 6) is 0.951. The van der Waals surface area contributed by atoms with Crippen molar-refractivity contribution < 1.29 is 28.9 Å². The Balaban J connectivity index is 0.000000416. The molecule has 12 heteroatoms. The molecule has 0 spiro atoms. The third-order valence-corrected chi connectivity index (χ3v) is 7.44. The molecule has 0 aliphatic carbocycles. The number of aliphatic hydroxyl groups excluding tert-OH is 1. The first-order valence-corrected chi connectivity index (χ1v) is 17.3. The molecule has 2 atom stereocenters. The van der Waals surface area contributed by atoms with Crippen LogP contribution in [0, 0.1) is 0 Å². The molecular formula is C36H50Cl4N2O6. The van der Waals surface area contributed by atoms with E-state index in [-0.39, 0.29) is 24.8 Å². The summed E-state index contributed by atoms with van der Waals surface area (Å²) in [7, 11) is 0. The molecule has 268 valence electrons. The molecule has 2 aromatic rings. The third-order valence-electron chi connectivity index (χ3n) is 6.18. The van der Waals surface area contributed by atoms with Gasteiger partial charge in [0.15, 0.2) is 0 Å². The standard InChI is InChI=1S/C18H24ClNO3.C14H20ClNO3.C4H6Cl2/c1-13-10-20(17(21)23-18(2,3)4)16(12-22-11-13)9-14-5-7-15(19)8-6-14;1-14(2,3)19-13(18)16-12(9-17)8-10-4-6-11(15)7-5-10;1-4(2-5)3-6/h5-8,16H,1,9-12H2,2-4H3;4-7,12,17H,8-9H2,1-3H3,(H,16,18);1-3H2. The number of alkyl halides is 2. The van der Waals surface area contributed by atoms with Gasteiger partial charge in [0.1, 0.15) is 11.2 Å². The normalized spacial score (nSPS) is 15.4. The molecule has 3 rings (SSSR count). The van der Waals surface area contributed by atoms with Crippen molar-refractivity contribution in [2.24, 2.45) is 0 Å². The van der Waals surface area contributed by atoms with Gasteiger partial charge in [0, 0.05) is 28.4 Å². The van der Waals surface area contributed by atoms with Gasteiger partial charge in [-0.1, -0.05) is 60.6 Å². The van der Waals surface area contributed by atoms with Gasteiger partial charge in [-0.3, -0.25) is 4.90 Å². The molecule has 1 saturated heterocycles. The largest absolute Gasteiger partial charge is 0.444 e. The predicted octanol–water partition coefficient (Wildman–Crippen LogP) is 8.86. The summed E-state index contributed by atoms with van der Waals surface area (Å²) < 4.78 is 16.3.